The van der Waals surface area contributed by atoms with Crippen molar-refractivity contribution in [2.24, 2.45) is 5.73 Å². The topological polar surface area (TPSA) is 119 Å². The number of hydrogen-bond acceptors (Lipinski definition) is 6. The number of nitrogens with one attached hydrogen (secondary N) is 3. The highest BCUT2D eigenvalue weighted by Crippen LogP contribution is 2.38. The first kappa shape index (κ1) is 23.5. The maximum absolute atomic E-state index is 13.4. The summed E-state index contributed by atoms with van der Waals surface area (Å²) in [4.78, 5) is 13.4. The van der Waals surface area contributed by atoms with E-state index >= 15 is 0 Å². The Kier molecular flexibility index (Phi) is 7.75. The van der Waals surface area contributed by atoms with Crippen LogP contribution in [-0.2, 0) is 11.3 Å². The number of methoxy groups -OCH3 is 3. The van der Waals surface area contributed by atoms with Gasteiger partial charge in [-0.05, 0) is 35.9 Å². The summed E-state index contributed by atoms with van der Waals surface area (Å²) < 4.78 is 16.4. The van der Waals surface area contributed by atoms with Crippen LogP contribution < -0.4 is 30.6 Å². The number of amides is 1. The zero-order valence-corrected chi connectivity index (χ0v) is 18.8. The third-order valence-corrected chi connectivity index (χ3v) is 5.13. The normalized spacial score (nSPS) is 11.2. The van der Waals surface area contributed by atoms with Crippen molar-refractivity contribution in [3.05, 3.63) is 83.4 Å². The molecule has 0 fully saturated rings. The largest absolute Gasteiger partial charge is 0.496 e. The van der Waals surface area contributed by atoms with E-state index in [-0.39, 0.29) is 11.7 Å². The van der Waals surface area contributed by atoms with Crippen LogP contribution in [0.1, 0.15) is 22.7 Å². The highest BCUT2D eigenvalue weighted by atomic mass is 16.5. The molecule has 8 heteroatoms. The average molecular weight is 449 g/mol. The summed E-state index contributed by atoms with van der Waals surface area (Å²) in [5.41, 5.74) is 8.38. The molecule has 0 saturated carbocycles. The van der Waals surface area contributed by atoms with Crippen LogP contribution >= 0.6 is 0 Å². The Morgan fingerprint density at radius 1 is 0.909 bits per heavy atom. The smallest absolute Gasteiger partial charge is 0.247 e. The molecule has 0 saturated heterocycles. The van der Waals surface area contributed by atoms with Crippen molar-refractivity contribution in [1.29, 1.82) is 5.41 Å². The predicted octanol–water partition coefficient (Wildman–Crippen LogP) is 3.47. The molecule has 0 aliphatic rings. The molecule has 1 atom stereocenters. The number of anilines is 1. The summed E-state index contributed by atoms with van der Waals surface area (Å²) in [7, 11) is 4.60. The van der Waals surface area contributed by atoms with E-state index in [1.54, 1.807) is 36.4 Å². The number of nitrogen functional groups attached to an aromatic ring is 1. The van der Waals surface area contributed by atoms with Gasteiger partial charge in [-0.1, -0.05) is 30.3 Å². The zero-order chi connectivity index (χ0) is 23.8. The molecule has 0 unspecified atom stereocenters. The van der Waals surface area contributed by atoms with E-state index in [9.17, 15) is 4.79 Å². The van der Waals surface area contributed by atoms with Crippen LogP contribution in [0.3, 0.4) is 0 Å². The van der Waals surface area contributed by atoms with Crippen LogP contribution in [-0.4, -0.2) is 33.1 Å². The lowest BCUT2D eigenvalue weighted by Crippen LogP contribution is -2.33. The van der Waals surface area contributed by atoms with E-state index < -0.39 is 6.04 Å². The highest BCUT2D eigenvalue weighted by molar-refractivity contribution is 5.95. The second-order valence-electron chi connectivity index (χ2n) is 7.22. The third kappa shape index (κ3) is 5.74. The molecule has 3 aromatic rings. The zero-order valence-electron chi connectivity index (χ0n) is 18.8. The molecule has 8 nitrogen and oxygen atoms in total. The van der Waals surface area contributed by atoms with Gasteiger partial charge < -0.3 is 30.6 Å². The molecule has 0 spiro atoms. The molecule has 33 heavy (non-hydrogen) atoms. The molecule has 0 bridgehead atoms. The summed E-state index contributed by atoms with van der Waals surface area (Å²) >= 11 is 0. The van der Waals surface area contributed by atoms with E-state index in [1.165, 1.54) is 21.3 Å². The van der Waals surface area contributed by atoms with Gasteiger partial charge in [-0.25, -0.2) is 0 Å². The molecule has 5 N–H and O–H groups in total. The Hall–Kier alpha value is -4.20. The first-order chi connectivity index (χ1) is 16.0. The summed E-state index contributed by atoms with van der Waals surface area (Å²) in [5, 5.41) is 13.8. The fourth-order valence-electron chi connectivity index (χ4n) is 3.36. The number of benzene rings is 3. The third-order valence-electron chi connectivity index (χ3n) is 5.13. The van der Waals surface area contributed by atoms with Crippen molar-refractivity contribution in [3.63, 3.8) is 0 Å². The van der Waals surface area contributed by atoms with E-state index in [1.807, 2.05) is 30.3 Å². The molecule has 3 aromatic carbocycles. The van der Waals surface area contributed by atoms with E-state index in [0.717, 1.165) is 5.56 Å². The van der Waals surface area contributed by atoms with Gasteiger partial charge >= 0.3 is 0 Å². The molecule has 0 aromatic heterocycles. The van der Waals surface area contributed by atoms with Gasteiger partial charge in [-0.2, -0.15) is 0 Å². The van der Waals surface area contributed by atoms with Crippen molar-refractivity contribution >= 4 is 17.4 Å². The van der Waals surface area contributed by atoms with Gasteiger partial charge in [0.05, 0.1) is 21.3 Å². The molecule has 0 aliphatic heterocycles. The number of nitrogens with two attached hydrogens (primary N) is 1. The first-order valence-corrected chi connectivity index (χ1v) is 10.3. The molecule has 172 valence electrons. The lowest BCUT2D eigenvalue weighted by Gasteiger charge is -2.23. The van der Waals surface area contributed by atoms with Gasteiger partial charge in [-0.15, -0.1) is 0 Å². The molecular formula is C25H28N4O4. The van der Waals surface area contributed by atoms with E-state index in [0.29, 0.717) is 40.6 Å². The Morgan fingerprint density at radius 2 is 1.52 bits per heavy atom. The highest BCUT2D eigenvalue weighted by Gasteiger charge is 2.26. The van der Waals surface area contributed by atoms with Crippen molar-refractivity contribution in [2.75, 3.05) is 26.6 Å². The Balaban J connectivity index is 1.97. The molecule has 0 heterocycles. The van der Waals surface area contributed by atoms with E-state index in [4.69, 9.17) is 25.4 Å². The van der Waals surface area contributed by atoms with Crippen LogP contribution in [0.15, 0.2) is 66.7 Å². The van der Waals surface area contributed by atoms with Gasteiger partial charge in [0.15, 0.2) is 11.5 Å². The quantitative estimate of drug-likeness (QED) is 0.279. The minimum absolute atomic E-state index is 0.0275. The van der Waals surface area contributed by atoms with Gasteiger partial charge in [0, 0.05) is 29.4 Å². The predicted molar refractivity (Wildman–Crippen MR) is 128 cm³/mol. The van der Waals surface area contributed by atoms with Crippen LogP contribution in [0.25, 0.3) is 0 Å². The van der Waals surface area contributed by atoms with Crippen LogP contribution in [0.2, 0.25) is 0 Å². The standard InChI is InChI=1S/C25H28N4O4/c1-31-20-14-22(33-3)21(32-2)13-19(20)23(25(30)28-15-16-7-5-4-6-8-16)29-18-11-9-17(10-12-18)24(26)27/h4-14,23,29H,15H2,1-3H3,(H3,26,27)(H,28,30)/t23-/m0/s1. The number of rotatable bonds is 10. The van der Waals surface area contributed by atoms with Crippen molar-refractivity contribution in [3.8, 4) is 17.2 Å². The van der Waals surface area contributed by atoms with Crippen molar-refractivity contribution < 1.29 is 19.0 Å². The average Bonchev–Trinajstić information content (AvgIpc) is 2.85. The summed E-state index contributed by atoms with van der Waals surface area (Å²) in [6.45, 7) is 0.372. The van der Waals surface area contributed by atoms with Crippen LogP contribution in [0.5, 0.6) is 17.2 Å². The van der Waals surface area contributed by atoms with Gasteiger partial charge in [0.25, 0.3) is 0 Å². The van der Waals surface area contributed by atoms with Crippen molar-refractivity contribution in [2.45, 2.75) is 12.6 Å². The molecule has 0 aliphatic carbocycles. The molecule has 0 radical (unpaired) electrons. The minimum Gasteiger partial charge on any atom is -0.496 e. The lowest BCUT2D eigenvalue weighted by molar-refractivity contribution is -0.122. The Labute approximate surface area is 193 Å². The van der Waals surface area contributed by atoms with Gasteiger partial charge in [0.1, 0.15) is 17.6 Å². The summed E-state index contributed by atoms with van der Waals surface area (Å²) in [6.07, 6.45) is 0. The summed E-state index contributed by atoms with van der Waals surface area (Å²) in [6, 6.07) is 19.2. The number of hydrogen-bond donors (Lipinski definition) is 4. The first-order valence-electron chi connectivity index (χ1n) is 10.3. The fourth-order valence-corrected chi connectivity index (χ4v) is 3.36. The maximum atomic E-state index is 13.4. The molecule has 3 rings (SSSR count). The van der Waals surface area contributed by atoms with Crippen LogP contribution in [0.4, 0.5) is 5.69 Å². The number of ether oxygens (including phenoxy) is 3. The van der Waals surface area contributed by atoms with Crippen molar-refractivity contribution in [1.82, 2.24) is 5.32 Å². The Morgan fingerprint density at radius 3 is 2.09 bits per heavy atom. The number of amidine groups is 1. The number of carbonyl (C=O) groups excluding carboxylic acids is 1. The van der Waals surface area contributed by atoms with Gasteiger partial charge in [0.2, 0.25) is 5.91 Å². The summed E-state index contributed by atoms with van der Waals surface area (Å²) in [5.74, 6) is 1.16. The van der Waals surface area contributed by atoms with Crippen LogP contribution in [0, 0.1) is 5.41 Å². The monoisotopic (exact) mass is 448 g/mol. The maximum Gasteiger partial charge on any atom is 0.247 e. The van der Waals surface area contributed by atoms with E-state index in [2.05, 4.69) is 10.6 Å². The minimum atomic E-state index is -0.799. The second-order valence-corrected chi connectivity index (χ2v) is 7.22. The number of carbonyl (C=O) groups is 1. The lowest BCUT2D eigenvalue weighted by atomic mass is 10.0. The SMILES string of the molecule is COc1cc(OC)c([C@H](Nc2ccc(C(=N)N)cc2)C(=O)NCc2ccccc2)cc1OC. The Bertz CT molecular complexity index is 1100. The molecule has 1 amide bonds. The fraction of sp³-hybridized carbons (Fsp3) is 0.200. The molecular weight excluding hydrogens is 420 g/mol. The second kappa shape index (κ2) is 10.9. The van der Waals surface area contributed by atoms with Gasteiger partial charge in [-0.3, -0.25) is 10.2 Å².